The molecule has 110 valence electrons. The average Bonchev–Trinajstić information content (AvgIpc) is 3.28. The Morgan fingerprint density at radius 1 is 1.10 bits per heavy atom. The van der Waals surface area contributed by atoms with Crippen LogP contribution in [-0.4, -0.2) is 43.7 Å². The summed E-state index contributed by atoms with van der Waals surface area (Å²) in [4.78, 5) is 5.12. The highest BCUT2D eigenvalue weighted by atomic mass is 15.3. The van der Waals surface area contributed by atoms with Crippen molar-refractivity contribution >= 4 is 5.69 Å². The maximum Gasteiger partial charge on any atom is 0.0405 e. The van der Waals surface area contributed by atoms with Crippen molar-refractivity contribution in [1.29, 1.82) is 0 Å². The molecule has 1 aliphatic carbocycles. The second kappa shape index (κ2) is 5.38. The summed E-state index contributed by atoms with van der Waals surface area (Å²) in [5.41, 5.74) is 9.23. The number of nitrogens with two attached hydrogens (primary N) is 1. The van der Waals surface area contributed by atoms with Crippen LogP contribution in [0.25, 0.3) is 0 Å². The summed E-state index contributed by atoms with van der Waals surface area (Å²) >= 11 is 0. The average molecular weight is 273 g/mol. The summed E-state index contributed by atoms with van der Waals surface area (Å²) in [5, 5.41) is 0. The highest BCUT2D eigenvalue weighted by Gasteiger charge is 2.44. The van der Waals surface area contributed by atoms with Crippen molar-refractivity contribution in [2.24, 2.45) is 5.73 Å². The predicted molar refractivity (Wildman–Crippen MR) is 85.3 cm³/mol. The van der Waals surface area contributed by atoms with Crippen LogP contribution >= 0.6 is 0 Å². The highest BCUT2D eigenvalue weighted by Crippen LogP contribution is 2.50. The van der Waals surface area contributed by atoms with Crippen molar-refractivity contribution in [2.75, 3.05) is 37.6 Å². The molecule has 0 aromatic heterocycles. The number of hydrogen-bond donors (Lipinski definition) is 1. The van der Waals surface area contributed by atoms with Crippen LogP contribution in [0.15, 0.2) is 24.3 Å². The Morgan fingerprint density at radius 3 is 2.30 bits per heavy atom. The summed E-state index contributed by atoms with van der Waals surface area (Å²) < 4.78 is 0. The lowest BCUT2D eigenvalue weighted by Gasteiger charge is -2.39. The third-order valence-electron chi connectivity index (χ3n) is 5.10. The zero-order valence-electron chi connectivity index (χ0n) is 12.8. The van der Waals surface area contributed by atoms with E-state index in [0.29, 0.717) is 6.04 Å². The number of nitrogens with zero attached hydrogens (tertiary/aromatic N) is 2. The molecule has 20 heavy (non-hydrogen) atoms. The van der Waals surface area contributed by atoms with E-state index in [2.05, 4.69) is 47.9 Å². The maximum atomic E-state index is 6.03. The highest BCUT2D eigenvalue weighted by molar-refractivity contribution is 5.59. The number of anilines is 1. The van der Waals surface area contributed by atoms with Gasteiger partial charge in [0.25, 0.3) is 0 Å². The Labute approximate surface area is 122 Å². The summed E-state index contributed by atoms with van der Waals surface area (Å²) in [6, 6.07) is 9.57. The minimum absolute atomic E-state index is 0.284. The van der Waals surface area contributed by atoms with Crippen molar-refractivity contribution in [1.82, 2.24) is 4.90 Å². The van der Waals surface area contributed by atoms with Crippen LogP contribution in [0, 0.1) is 0 Å². The molecule has 0 radical (unpaired) electrons. The first-order chi connectivity index (χ1) is 9.66. The molecule has 3 rings (SSSR count). The van der Waals surface area contributed by atoms with Gasteiger partial charge in [0.05, 0.1) is 0 Å². The van der Waals surface area contributed by atoms with E-state index in [1.54, 1.807) is 0 Å². The monoisotopic (exact) mass is 273 g/mol. The predicted octanol–water partition coefficient (Wildman–Crippen LogP) is 2.21. The number of piperazine rings is 1. The summed E-state index contributed by atoms with van der Waals surface area (Å²) in [6.07, 6.45) is 2.51. The Kier molecular flexibility index (Phi) is 3.74. The van der Waals surface area contributed by atoms with Gasteiger partial charge in [-0.05, 0) is 38.3 Å². The van der Waals surface area contributed by atoms with E-state index < -0.39 is 0 Å². The molecule has 0 bridgehead atoms. The molecule has 1 aliphatic heterocycles. The Morgan fingerprint density at radius 2 is 1.75 bits per heavy atom. The van der Waals surface area contributed by atoms with Crippen LogP contribution in [0.4, 0.5) is 5.69 Å². The van der Waals surface area contributed by atoms with Crippen LogP contribution in [0.2, 0.25) is 0 Å². The lowest BCUT2D eigenvalue weighted by molar-refractivity contribution is 0.209. The van der Waals surface area contributed by atoms with E-state index in [9.17, 15) is 0 Å². The van der Waals surface area contributed by atoms with Crippen molar-refractivity contribution in [3.05, 3.63) is 29.8 Å². The Bertz CT molecular complexity index is 457. The van der Waals surface area contributed by atoms with Crippen LogP contribution in [0.3, 0.4) is 0 Å². The van der Waals surface area contributed by atoms with Crippen molar-refractivity contribution in [3.8, 4) is 0 Å². The molecule has 2 fully saturated rings. The van der Waals surface area contributed by atoms with Gasteiger partial charge in [-0.1, -0.05) is 18.2 Å². The molecule has 2 N–H and O–H groups in total. The molecule has 1 saturated carbocycles. The summed E-state index contributed by atoms with van der Waals surface area (Å²) in [6.45, 7) is 9.97. The van der Waals surface area contributed by atoms with Gasteiger partial charge < -0.3 is 10.6 Å². The van der Waals surface area contributed by atoms with Crippen molar-refractivity contribution in [3.63, 3.8) is 0 Å². The summed E-state index contributed by atoms with van der Waals surface area (Å²) in [5.74, 6) is 0. The third kappa shape index (κ3) is 2.45. The molecule has 2 aliphatic rings. The van der Waals surface area contributed by atoms with Crippen LogP contribution in [-0.2, 0) is 5.41 Å². The van der Waals surface area contributed by atoms with Gasteiger partial charge in [-0.2, -0.15) is 0 Å². The largest absolute Gasteiger partial charge is 0.369 e. The molecular formula is C17H27N3. The fraction of sp³-hybridized carbons (Fsp3) is 0.647. The molecule has 0 atom stereocenters. The topological polar surface area (TPSA) is 32.5 Å². The Balaban J connectivity index is 1.78. The molecule has 1 aromatic carbocycles. The summed E-state index contributed by atoms with van der Waals surface area (Å²) in [7, 11) is 0. The van der Waals surface area contributed by atoms with Crippen LogP contribution < -0.4 is 10.6 Å². The first kappa shape index (κ1) is 13.9. The number of rotatable bonds is 4. The number of benzene rings is 1. The van der Waals surface area contributed by atoms with E-state index in [1.807, 2.05) is 0 Å². The zero-order valence-corrected chi connectivity index (χ0v) is 12.8. The van der Waals surface area contributed by atoms with E-state index in [-0.39, 0.29) is 5.41 Å². The maximum absolute atomic E-state index is 6.03. The van der Waals surface area contributed by atoms with Crippen LogP contribution in [0.1, 0.15) is 32.3 Å². The first-order valence-electron chi connectivity index (χ1n) is 7.95. The standard InChI is InChI=1S/C17H27N3/c1-14(2)19-9-11-20(12-10-19)16-6-4-3-5-15(16)17(13-18)7-8-17/h3-6,14H,7-13,18H2,1-2H3. The molecular weight excluding hydrogens is 246 g/mol. The molecule has 0 unspecified atom stereocenters. The van der Waals surface area contributed by atoms with Gasteiger partial charge in [-0.15, -0.1) is 0 Å². The molecule has 1 saturated heterocycles. The lowest BCUT2D eigenvalue weighted by atomic mass is 9.93. The van der Waals surface area contributed by atoms with Gasteiger partial charge in [-0.25, -0.2) is 0 Å². The first-order valence-corrected chi connectivity index (χ1v) is 7.95. The second-order valence-corrected chi connectivity index (χ2v) is 6.62. The quantitative estimate of drug-likeness (QED) is 0.913. The molecule has 0 spiro atoms. The van der Waals surface area contributed by atoms with Crippen molar-refractivity contribution < 1.29 is 0 Å². The second-order valence-electron chi connectivity index (χ2n) is 6.62. The van der Waals surface area contributed by atoms with Crippen molar-refractivity contribution in [2.45, 2.75) is 38.1 Å². The lowest BCUT2D eigenvalue weighted by Crippen LogP contribution is -2.49. The van der Waals surface area contributed by atoms with E-state index >= 15 is 0 Å². The van der Waals surface area contributed by atoms with E-state index in [0.717, 1.165) is 19.6 Å². The van der Waals surface area contributed by atoms with Gasteiger partial charge in [0, 0.05) is 49.9 Å². The molecule has 3 nitrogen and oxygen atoms in total. The number of hydrogen-bond acceptors (Lipinski definition) is 3. The normalized spacial score (nSPS) is 22.3. The van der Waals surface area contributed by atoms with Gasteiger partial charge in [0.15, 0.2) is 0 Å². The fourth-order valence-electron chi connectivity index (χ4n) is 3.41. The van der Waals surface area contributed by atoms with E-state index in [4.69, 9.17) is 5.73 Å². The minimum Gasteiger partial charge on any atom is -0.369 e. The van der Waals surface area contributed by atoms with Gasteiger partial charge in [0.2, 0.25) is 0 Å². The van der Waals surface area contributed by atoms with E-state index in [1.165, 1.54) is 37.2 Å². The third-order valence-corrected chi connectivity index (χ3v) is 5.10. The van der Waals surface area contributed by atoms with Gasteiger partial charge >= 0.3 is 0 Å². The van der Waals surface area contributed by atoms with Crippen LogP contribution in [0.5, 0.6) is 0 Å². The molecule has 1 heterocycles. The SMILES string of the molecule is CC(C)N1CCN(c2ccccc2C2(CN)CC2)CC1. The molecule has 1 aromatic rings. The van der Waals surface area contributed by atoms with Gasteiger partial charge in [0.1, 0.15) is 0 Å². The molecule has 3 heteroatoms. The zero-order chi connectivity index (χ0) is 14.2. The fourth-order valence-corrected chi connectivity index (χ4v) is 3.41. The minimum atomic E-state index is 0.284. The van der Waals surface area contributed by atoms with Gasteiger partial charge in [-0.3, -0.25) is 4.90 Å². The number of para-hydroxylation sites is 1. The smallest absolute Gasteiger partial charge is 0.0405 e. The Hall–Kier alpha value is -1.06. The molecule has 0 amide bonds.